The predicted octanol–water partition coefficient (Wildman–Crippen LogP) is 1.64. The molecule has 0 bridgehead atoms. The van der Waals surface area contributed by atoms with Gasteiger partial charge in [-0.15, -0.1) is 0 Å². The van der Waals surface area contributed by atoms with Crippen LogP contribution in [0.2, 0.25) is 0 Å². The van der Waals surface area contributed by atoms with Crippen LogP contribution in [0, 0.1) is 12.8 Å². The minimum absolute atomic E-state index is 0.723. The molecule has 0 aliphatic carbocycles. The number of anilines is 1. The summed E-state index contributed by atoms with van der Waals surface area (Å²) >= 11 is 0. The average Bonchev–Trinajstić information content (AvgIpc) is 2.28. The maximum absolute atomic E-state index is 5.39. The second-order valence-corrected chi connectivity index (χ2v) is 4.43. The van der Waals surface area contributed by atoms with E-state index in [0.29, 0.717) is 0 Å². The lowest BCUT2D eigenvalue weighted by Crippen LogP contribution is -2.45. The van der Waals surface area contributed by atoms with Gasteiger partial charge in [0, 0.05) is 31.6 Å². The van der Waals surface area contributed by atoms with Crippen molar-refractivity contribution in [3.8, 4) is 11.5 Å². The molecule has 1 aromatic carbocycles. The van der Waals surface area contributed by atoms with Gasteiger partial charge in [-0.1, -0.05) is 0 Å². The minimum atomic E-state index is 0.723. The van der Waals surface area contributed by atoms with Crippen LogP contribution in [-0.4, -0.2) is 33.9 Å². The SMILES string of the molecule is COc1cc(C)c(NCC2CNC2)c(OC)c1. The largest absolute Gasteiger partial charge is 0.497 e. The molecule has 1 aromatic rings. The van der Waals surface area contributed by atoms with Crippen molar-refractivity contribution in [2.45, 2.75) is 6.92 Å². The third-order valence-electron chi connectivity index (χ3n) is 3.16. The summed E-state index contributed by atoms with van der Waals surface area (Å²) in [4.78, 5) is 0. The fraction of sp³-hybridized carbons (Fsp3) is 0.538. The van der Waals surface area contributed by atoms with E-state index in [0.717, 1.165) is 48.3 Å². The van der Waals surface area contributed by atoms with E-state index in [1.54, 1.807) is 14.2 Å². The highest BCUT2D eigenvalue weighted by Gasteiger charge is 2.17. The Kier molecular flexibility index (Phi) is 3.74. The second kappa shape index (κ2) is 5.27. The Morgan fingerprint density at radius 2 is 2.06 bits per heavy atom. The van der Waals surface area contributed by atoms with E-state index in [1.807, 2.05) is 12.1 Å². The Labute approximate surface area is 102 Å². The van der Waals surface area contributed by atoms with Gasteiger partial charge < -0.3 is 20.1 Å². The monoisotopic (exact) mass is 236 g/mol. The van der Waals surface area contributed by atoms with Crippen molar-refractivity contribution in [1.82, 2.24) is 5.32 Å². The minimum Gasteiger partial charge on any atom is -0.497 e. The van der Waals surface area contributed by atoms with E-state index in [1.165, 1.54) is 0 Å². The van der Waals surface area contributed by atoms with Crippen LogP contribution < -0.4 is 20.1 Å². The maximum Gasteiger partial charge on any atom is 0.145 e. The second-order valence-electron chi connectivity index (χ2n) is 4.43. The highest BCUT2D eigenvalue weighted by atomic mass is 16.5. The van der Waals surface area contributed by atoms with Gasteiger partial charge in [0.25, 0.3) is 0 Å². The van der Waals surface area contributed by atoms with Crippen molar-refractivity contribution in [1.29, 1.82) is 0 Å². The molecule has 94 valence electrons. The lowest BCUT2D eigenvalue weighted by molar-refractivity contribution is 0.363. The summed E-state index contributed by atoms with van der Waals surface area (Å²) in [5, 5.41) is 6.73. The van der Waals surface area contributed by atoms with E-state index in [2.05, 4.69) is 17.6 Å². The van der Waals surface area contributed by atoms with Crippen LogP contribution in [0.15, 0.2) is 12.1 Å². The lowest BCUT2D eigenvalue weighted by atomic mass is 10.0. The third-order valence-corrected chi connectivity index (χ3v) is 3.16. The molecule has 0 radical (unpaired) electrons. The summed E-state index contributed by atoms with van der Waals surface area (Å²) in [6.45, 7) is 5.25. The molecule has 0 spiro atoms. The van der Waals surface area contributed by atoms with Gasteiger partial charge in [0.1, 0.15) is 11.5 Å². The first-order chi connectivity index (χ1) is 8.24. The van der Waals surface area contributed by atoms with E-state index in [9.17, 15) is 0 Å². The van der Waals surface area contributed by atoms with Crippen molar-refractivity contribution in [3.63, 3.8) is 0 Å². The van der Waals surface area contributed by atoms with Crippen LogP contribution in [0.5, 0.6) is 11.5 Å². The van der Waals surface area contributed by atoms with Crippen molar-refractivity contribution in [3.05, 3.63) is 17.7 Å². The van der Waals surface area contributed by atoms with Crippen LogP contribution in [0.3, 0.4) is 0 Å². The molecule has 2 N–H and O–H groups in total. The molecule has 0 aromatic heterocycles. The number of rotatable bonds is 5. The Balaban J connectivity index is 2.12. The van der Waals surface area contributed by atoms with Crippen LogP contribution in [0.1, 0.15) is 5.56 Å². The van der Waals surface area contributed by atoms with Crippen molar-refractivity contribution >= 4 is 5.69 Å². The van der Waals surface area contributed by atoms with E-state index in [4.69, 9.17) is 9.47 Å². The zero-order chi connectivity index (χ0) is 12.3. The zero-order valence-electron chi connectivity index (χ0n) is 10.7. The summed E-state index contributed by atoms with van der Waals surface area (Å²) in [5.41, 5.74) is 2.22. The molecule has 0 saturated carbocycles. The quantitative estimate of drug-likeness (QED) is 0.815. The molecular formula is C13H20N2O2. The fourth-order valence-electron chi connectivity index (χ4n) is 1.97. The highest BCUT2D eigenvalue weighted by Crippen LogP contribution is 2.33. The number of nitrogens with one attached hydrogen (secondary N) is 2. The molecule has 4 nitrogen and oxygen atoms in total. The summed E-state index contributed by atoms with van der Waals surface area (Å²) < 4.78 is 10.6. The maximum atomic E-state index is 5.39. The van der Waals surface area contributed by atoms with Gasteiger partial charge in [0.2, 0.25) is 0 Å². The molecule has 1 fully saturated rings. The molecule has 0 atom stereocenters. The molecule has 1 aliphatic heterocycles. The Morgan fingerprint density at radius 1 is 1.29 bits per heavy atom. The smallest absolute Gasteiger partial charge is 0.145 e. The Bertz CT molecular complexity index is 389. The fourth-order valence-corrected chi connectivity index (χ4v) is 1.97. The first-order valence-corrected chi connectivity index (χ1v) is 5.91. The van der Waals surface area contributed by atoms with E-state index >= 15 is 0 Å². The molecule has 1 heterocycles. The molecule has 2 rings (SSSR count). The van der Waals surface area contributed by atoms with Crippen LogP contribution in [0.4, 0.5) is 5.69 Å². The van der Waals surface area contributed by atoms with E-state index < -0.39 is 0 Å². The van der Waals surface area contributed by atoms with Crippen LogP contribution >= 0.6 is 0 Å². The van der Waals surface area contributed by atoms with Crippen LogP contribution in [-0.2, 0) is 0 Å². The summed E-state index contributed by atoms with van der Waals surface area (Å²) in [6.07, 6.45) is 0. The van der Waals surface area contributed by atoms with Gasteiger partial charge in [-0.3, -0.25) is 0 Å². The number of aryl methyl sites for hydroxylation is 1. The molecule has 4 heteroatoms. The van der Waals surface area contributed by atoms with Gasteiger partial charge in [-0.25, -0.2) is 0 Å². The van der Waals surface area contributed by atoms with E-state index in [-0.39, 0.29) is 0 Å². The first-order valence-electron chi connectivity index (χ1n) is 5.91. The Hall–Kier alpha value is -1.42. The molecule has 17 heavy (non-hydrogen) atoms. The van der Waals surface area contributed by atoms with Crippen molar-refractivity contribution in [2.24, 2.45) is 5.92 Å². The Morgan fingerprint density at radius 3 is 2.59 bits per heavy atom. The standard InChI is InChI=1S/C13H20N2O2/c1-9-4-11(16-2)5-12(17-3)13(9)15-8-10-6-14-7-10/h4-5,10,14-15H,6-8H2,1-3H3. The van der Waals surface area contributed by atoms with Gasteiger partial charge in [0.05, 0.1) is 19.9 Å². The first kappa shape index (κ1) is 12.0. The summed E-state index contributed by atoms with van der Waals surface area (Å²) in [5.74, 6) is 2.39. The van der Waals surface area contributed by atoms with Crippen molar-refractivity contribution in [2.75, 3.05) is 39.2 Å². The highest BCUT2D eigenvalue weighted by molar-refractivity contribution is 5.64. The van der Waals surface area contributed by atoms with Gasteiger partial charge in [0.15, 0.2) is 0 Å². The summed E-state index contributed by atoms with van der Waals surface area (Å²) in [6, 6.07) is 3.93. The lowest BCUT2D eigenvalue weighted by Gasteiger charge is -2.28. The normalized spacial score (nSPS) is 15.2. The molecule has 1 aliphatic rings. The topological polar surface area (TPSA) is 42.5 Å². The molecule has 1 saturated heterocycles. The molecule has 0 unspecified atom stereocenters. The number of methoxy groups -OCH3 is 2. The van der Waals surface area contributed by atoms with Crippen molar-refractivity contribution < 1.29 is 9.47 Å². The number of hydrogen-bond donors (Lipinski definition) is 2. The number of ether oxygens (including phenoxy) is 2. The number of benzene rings is 1. The number of hydrogen-bond acceptors (Lipinski definition) is 4. The predicted molar refractivity (Wildman–Crippen MR) is 69.1 cm³/mol. The summed E-state index contributed by atoms with van der Waals surface area (Å²) in [7, 11) is 3.35. The van der Waals surface area contributed by atoms with Gasteiger partial charge >= 0.3 is 0 Å². The zero-order valence-corrected chi connectivity index (χ0v) is 10.7. The average molecular weight is 236 g/mol. The van der Waals surface area contributed by atoms with Gasteiger partial charge in [-0.05, 0) is 18.6 Å². The van der Waals surface area contributed by atoms with Gasteiger partial charge in [-0.2, -0.15) is 0 Å². The third kappa shape index (κ3) is 2.64. The molecular weight excluding hydrogens is 216 g/mol. The molecule has 0 amide bonds. The van der Waals surface area contributed by atoms with Crippen LogP contribution in [0.25, 0.3) is 0 Å².